The third-order valence-corrected chi connectivity index (χ3v) is 5.18. The summed E-state index contributed by atoms with van der Waals surface area (Å²) in [5, 5.41) is 0. The zero-order valence-electron chi connectivity index (χ0n) is 8.63. The molecule has 0 saturated heterocycles. The molecule has 1 fully saturated rings. The molecule has 3 nitrogen and oxygen atoms in total. The predicted octanol–water partition coefficient (Wildman–Crippen LogP) is 2.42. The highest BCUT2D eigenvalue weighted by Crippen LogP contribution is 2.36. The number of hydrogen-bond acceptors (Lipinski definition) is 2. The molecule has 0 radical (unpaired) electrons. The third-order valence-electron chi connectivity index (χ3n) is 2.56. The highest BCUT2D eigenvalue weighted by molar-refractivity contribution is 9.10. The van der Waals surface area contributed by atoms with E-state index in [9.17, 15) is 12.8 Å². The summed E-state index contributed by atoms with van der Waals surface area (Å²) in [5.41, 5.74) is -0.327. The summed E-state index contributed by atoms with van der Waals surface area (Å²) in [6.45, 7) is 1.85. The van der Waals surface area contributed by atoms with E-state index < -0.39 is 15.8 Å². The Hall–Kier alpha value is -0.460. The molecule has 0 heterocycles. The van der Waals surface area contributed by atoms with Crippen LogP contribution in [0.4, 0.5) is 4.39 Å². The van der Waals surface area contributed by atoms with Gasteiger partial charge in [-0.3, -0.25) is 0 Å². The van der Waals surface area contributed by atoms with Gasteiger partial charge in [-0.15, -0.1) is 0 Å². The minimum absolute atomic E-state index is 0.0713. The first-order valence-corrected chi connectivity index (χ1v) is 7.09. The Bertz CT molecular complexity index is 526. The molecule has 2 rings (SSSR count). The van der Waals surface area contributed by atoms with Crippen LogP contribution in [-0.2, 0) is 10.0 Å². The lowest BCUT2D eigenvalue weighted by molar-refractivity contribution is 0.557. The van der Waals surface area contributed by atoms with Crippen molar-refractivity contribution in [1.29, 1.82) is 0 Å². The molecule has 0 spiro atoms. The Balaban J connectivity index is 2.35. The molecule has 16 heavy (non-hydrogen) atoms. The quantitative estimate of drug-likeness (QED) is 0.932. The van der Waals surface area contributed by atoms with E-state index >= 15 is 0 Å². The Labute approximate surface area is 102 Å². The van der Waals surface area contributed by atoms with Gasteiger partial charge in [-0.05, 0) is 53.9 Å². The summed E-state index contributed by atoms with van der Waals surface area (Å²) in [6.07, 6.45) is 1.68. The number of benzene rings is 1. The van der Waals surface area contributed by atoms with Gasteiger partial charge in [0.2, 0.25) is 10.0 Å². The molecule has 1 aliphatic carbocycles. The standard InChI is InChI=1S/C10H11BrFNO2S/c1-10(4-5-10)13-16(14,15)9-3-2-7(12)6-8(9)11/h2-3,6,13H,4-5H2,1H3. The zero-order valence-corrected chi connectivity index (χ0v) is 11.0. The van der Waals surface area contributed by atoms with E-state index in [0.717, 1.165) is 25.0 Å². The van der Waals surface area contributed by atoms with Crippen LogP contribution in [0.5, 0.6) is 0 Å². The monoisotopic (exact) mass is 307 g/mol. The van der Waals surface area contributed by atoms with Gasteiger partial charge >= 0.3 is 0 Å². The molecule has 1 aromatic carbocycles. The molecule has 1 saturated carbocycles. The highest BCUT2D eigenvalue weighted by Gasteiger charge is 2.41. The summed E-state index contributed by atoms with van der Waals surface area (Å²) in [6, 6.07) is 3.53. The van der Waals surface area contributed by atoms with Crippen molar-refractivity contribution in [3.05, 3.63) is 28.5 Å². The van der Waals surface area contributed by atoms with Crippen LogP contribution in [0.2, 0.25) is 0 Å². The maximum Gasteiger partial charge on any atom is 0.242 e. The molecular weight excluding hydrogens is 297 g/mol. The van der Waals surface area contributed by atoms with E-state index in [1.54, 1.807) is 0 Å². The molecule has 1 aliphatic rings. The fourth-order valence-corrected chi connectivity index (χ4v) is 3.88. The zero-order chi connectivity index (χ0) is 12.0. The highest BCUT2D eigenvalue weighted by atomic mass is 79.9. The molecule has 0 atom stereocenters. The van der Waals surface area contributed by atoms with Crippen LogP contribution in [0.25, 0.3) is 0 Å². The van der Waals surface area contributed by atoms with Crippen molar-refractivity contribution in [1.82, 2.24) is 4.72 Å². The first kappa shape index (κ1) is 12.0. The second-order valence-corrected chi connectivity index (χ2v) is 6.75. The van der Waals surface area contributed by atoms with Crippen LogP contribution in [0.15, 0.2) is 27.6 Å². The molecule has 88 valence electrons. The first-order chi connectivity index (χ1) is 7.32. The van der Waals surface area contributed by atoms with Crippen molar-refractivity contribution in [3.63, 3.8) is 0 Å². The average molecular weight is 308 g/mol. The Kier molecular flexibility index (Phi) is 2.84. The number of rotatable bonds is 3. The summed E-state index contributed by atoms with van der Waals surface area (Å²) in [7, 11) is -3.57. The topological polar surface area (TPSA) is 46.2 Å². The summed E-state index contributed by atoms with van der Waals surface area (Å²) >= 11 is 3.05. The maximum atomic E-state index is 12.8. The van der Waals surface area contributed by atoms with E-state index in [1.807, 2.05) is 6.92 Å². The van der Waals surface area contributed by atoms with Gasteiger partial charge in [-0.25, -0.2) is 17.5 Å². The van der Waals surface area contributed by atoms with E-state index in [1.165, 1.54) is 6.07 Å². The predicted molar refractivity (Wildman–Crippen MR) is 62.1 cm³/mol. The fraction of sp³-hybridized carbons (Fsp3) is 0.400. The summed E-state index contributed by atoms with van der Waals surface area (Å²) < 4.78 is 39.6. The van der Waals surface area contributed by atoms with Gasteiger partial charge < -0.3 is 0 Å². The normalized spacial score (nSPS) is 18.4. The van der Waals surface area contributed by atoms with Crippen molar-refractivity contribution in [3.8, 4) is 0 Å². The van der Waals surface area contributed by atoms with Gasteiger partial charge in [0.1, 0.15) is 5.82 Å². The molecule has 1 aromatic rings. The SMILES string of the molecule is CC1(NS(=O)(=O)c2ccc(F)cc2Br)CC1. The van der Waals surface area contributed by atoms with Gasteiger partial charge in [0, 0.05) is 10.0 Å². The first-order valence-electron chi connectivity index (χ1n) is 4.81. The van der Waals surface area contributed by atoms with Crippen LogP contribution in [-0.4, -0.2) is 14.0 Å². The van der Waals surface area contributed by atoms with Crippen molar-refractivity contribution < 1.29 is 12.8 Å². The van der Waals surface area contributed by atoms with Crippen molar-refractivity contribution >= 4 is 26.0 Å². The molecule has 1 N–H and O–H groups in total. The van der Waals surface area contributed by atoms with Gasteiger partial charge in [0.25, 0.3) is 0 Å². The summed E-state index contributed by atoms with van der Waals surface area (Å²) in [4.78, 5) is 0.0713. The minimum atomic E-state index is -3.57. The molecule has 0 bridgehead atoms. The smallest absolute Gasteiger partial charge is 0.207 e. The van der Waals surface area contributed by atoms with Gasteiger partial charge in [0.15, 0.2) is 0 Å². The van der Waals surface area contributed by atoms with Crippen molar-refractivity contribution in [2.24, 2.45) is 0 Å². The lowest BCUT2D eigenvalue weighted by Crippen LogP contribution is -2.34. The van der Waals surface area contributed by atoms with Crippen molar-refractivity contribution in [2.75, 3.05) is 0 Å². The molecular formula is C10H11BrFNO2S. The molecule has 6 heteroatoms. The van der Waals surface area contributed by atoms with Crippen molar-refractivity contribution in [2.45, 2.75) is 30.2 Å². The van der Waals surface area contributed by atoms with E-state index in [4.69, 9.17) is 0 Å². The van der Waals surface area contributed by atoms with Crippen LogP contribution in [0.3, 0.4) is 0 Å². The largest absolute Gasteiger partial charge is 0.242 e. The van der Waals surface area contributed by atoms with E-state index in [-0.39, 0.29) is 14.9 Å². The lowest BCUT2D eigenvalue weighted by atomic mass is 10.3. The minimum Gasteiger partial charge on any atom is -0.207 e. The number of nitrogens with one attached hydrogen (secondary N) is 1. The summed E-state index contributed by atoms with van der Waals surface area (Å²) in [5.74, 6) is -0.469. The molecule has 0 aliphatic heterocycles. The average Bonchev–Trinajstić information content (AvgIpc) is 2.80. The second kappa shape index (κ2) is 3.78. The molecule has 0 amide bonds. The number of sulfonamides is 1. The van der Waals surface area contributed by atoms with E-state index in [2.05, 4.69) is 20.7 Å². The Morgan fingerprint density at radius 1 is 1.44 bits per heavy atom. The van der Waals surface area contributed by atoms with E-state index in [0.29, 0.717) is 0 Å². The molecule has 0 unspecified atom stereocenters. The molecule has 0 aromatic heterocycles. The Morgan fingerprint density at radius 2 is 2.06 bits per heavy atom. The third kappa shape index (κ3) is 2.44. The van der Waals surface area contributed by atoms with Crippen LogP contribution >= 0.6 is 15.9 Å². The van der Waals surface area contributed by atoms with Gasteiger partial charge in [-0.1, -0.05) is 0 Å². The van der Waals surface area contributed by atoms with Gasteiger partial charge in [-0.2, -0.15) is 0 Å². The maximum absolute atomic E-state index is 12.8. The fourth-order valence-electron chi connectivity index (χ4n) is 1.36. The lowest BCUT2D eigenvalue weighted by Gasteiger charge is -2.13. The Morgan fingerprint density at radius 3 is 2.56 bits per heavy atom. The van der Waals surface area contributed by atoms with Crippen LogP contribution in [0.1, 0.15) is 19.8 Å². The number of hydrogen-bond donors (Lipinski definition) is 1. The number of halogens is 2. The van der Waals surface area contributed by atoms with Crippen LogP contribution < -0.4 is 4.72 Å². The van der Waals surface area contributed by atoms with Crippen LogP contribution in [0, 0.1) is 5.82 Å². The second-order valence-electron chi connectivity index (χ2n) is 4.24. The van der Waals surface area contributed by atoms with Gasteiger partial charge in [0.05, 0.1) is 4.90 Å².